The van der Waals surface area contributed by atoms with Crippen LogP contribution in [-0.2, 0) is 0 Å². The van der Waals surface area contributed by atoms with Gasteiger partial charge in [0.05, 0.1) is 0 Å². The van der Waals surface area contributed by atoms with Crippen molar-refractivity contribution in [2.75, 3.05) is 14.1 Å². The average molecular weight is 196 g/mol. The lowest BCUT2D eigenvalue weighted by atomic mass is 10.1. The van der Waals surface area contributed by atoms with Crippen molar-refractivity contribution in [3.8, 4) is 0 Å². The largest absolute Gasteiger partial charge is 0.315 e. The Hall–Kier alpha value is -0.0800. The molecule has 0 spiro atoms. The van der Waals surface area contributed by atoms with Crippen molar-refractivity contribution in [2.24, 2.45) is 0 Å². The molecule has 2 rings (SSSR count). The van der Waals surface area contributed by atoms with Gasteiger partial charge in [-0.3, -0.25) is 4.90 Å². The van der Waals surface area contributed by atoms with Crippen molar-refractivity contribution in [1.29, 1.82) is 0 Å². The van der Waals surface area contributed by atoms with E-state index in [0.29, 0.717) is 0 Å². The third kappa shape index (κ3) is 1.96. The molecule has 1 N–H and O–H groups in total. The van der Waals surface area contributed by atoms with Gasteiger partial charge in [0.2, 0.25) is 0 Å². The van der Waals surface area contributed by atoms with Gasteiger partial charge in [-0.05, 0) is 39.8 Å². The molecule has 0 saturated heterocycles. The molecule has 2 aliphatic carbocycles. The third-order valence-electron chi connectivity index (χ3n) is 4.27. The van der Waals surface area contributed by atoms with E-state index < -0.39 is 0 Å². The zero-order valence-corrected chi connectivity index (χ0v) is 9.63. The average Bonchev–Trinajstić information content (AvgIpc) is 2.87. The smallest absolute Gasteiger partial charge is 0.0249 e. The second-order valence-corrected chi connectivity index (χ2v) is 5.00. The number of nitrogens with zero attached hydrogens (tertiary/aromatic N) is 1. The second-order valence-electron chi connectivity index (χ2n) is 5.00. The summed E-state index contributed by atoms with van der Waals surface area (Å²) in [5, 5.41) is 3.48. The quantitative estimate of drug-likeness (QED) is 0.743. The Morgan fingerprint density at radius 2 is 1.71 bits per heavy atom. The zero-order chi connectivity index (χ0) is 9.97. The van der Waals surface area contributed by atoms with Crippen LogP contribution in [0.3, 0.4) is 0 Å². The lowest BCUT2D eigenvalue weighted by molar-refractivity contribution is 0.156. The van der Waals surface area contributed by atoms with Crippen molar-refractivity contribution in [2.45, 2.75) is 63.1 Å². The predicted molar refractivity (Wildman–Crippen MR) is 60.5 cm³/mol. The molecule has 0 aromatic rings. The Labute approximate surface area is 88.1 Å². The molecule has 2 nitrogen and oxygen atoms in total. The summed E-state index contributed by atoms with van der Waals surface area (Å²) >= 11 is 0. The maximum absolute atomic E-state index is 3.48. The third-order valence-corrected chi connectivity index (χ3v) is 4.27. The normalized spacial score (nSPS) is 34.5. The van der Waals surface area contributed by atoms with E-state index in [-0.39, 0.29) is 0 Å². The van der Waals surface area contributed by atoms with Gasteiger partial charge < -0.3 is 5.32 Å². The number of hydrogen-bond donors (Lipinski definition) is 1. The minimum absolute atomic E-state index is 0.751. The molecule has 0 aromatic heterocycles. The topological polar surface area (TPSA) is 15.3 Å². The Bertz CT molecular complexity index is 175. The fraction of sp³-hybridized carbons (Fsp3) is 1.00. The Morgan fingerprint density at radius 3 is 2.36 bits per heavy atom. The highest BCUT2D eigenvalue weighted by molar-refractivity contribution is 4.91. The molecule has 0 aliphatic heterocycles. The van der Waals surface area contributed by atoms with Crippen LogP contribution in [0.5, 0.6) is 0 Å². The van der Waals surface area contributed by atoms with Crippen molar-refractivity contribution >= 4 is 0 Å². The van der Waals surface area contributed by atoms with E-state index in [1.807, 2.05) is 0 Å². The summed E-state index contributed by atoms with van der Waals surface area (Å²) in [5.41, 5.74) is 0. The number of nitrogens with one attached hydrogen (secondary N) is 1. The van der Waals surface area contributed by atoms with Gasteiger partial charge in [-0.1, -0.05) is 19.3 Å². The molecule has 2 heteroatoms. The second kappa shape index (κ2) is 4.63. The van der Waals surface area contributed by atoms with E-state index in [0.717, 1.165) is 18.1 Å². The van der Waals surface area contributed by atoms with Crippen LogP contribution >= 0.6 is 0 Å². The van der Waals surface area contributed by atoms with Crippen molar-refractivity contribution in [3.05, 3.63) is 0 Å². The molecule has 0 radical (unpaired) electrons. The number of hydrogen-bond acceptors (Lipinski definition) is 2. The highest BCUT2D eigenvalue weighted by atomic mass is 15.2. The summed E-state index contributed by atoms with van der Waals surface area (Å²) in [6.45, 7) is 0. The molecule has 2 aliphatic rings. The summed E-state index contributed by atoms with van der Waals surface area (Å²) < 4.78 is 0. The van der Waals surface area contributed by atoms with Crippen LogP contribution in [0.4, 0.5) is 0 Å². The summed E-state index contributed by atoms with van der Waals surface area (Å²) in [5.74, 6) is 0. The first kappa shape index (κ1) is 10.4. The molecule has 0 heterocycles. The number of likely N-dealkylation sites (N-methyl/N-ethyl adjacent to an activating group) is 2. The van der Waals surface area contributed by atoms with Crippen molar-refractivity contribution in [3.63, 3.8) is 0 Å². The van der Waals surface area contributed by atoms with Gasteiger partial charge in [0.25, 0.3) is 0 Å². The Kier molecular flexibility index (Phi) is 3.45. The summed E-state index contributed by atoms with van der Waals surface area (Å²) in [6.07, 6.45) is 9.95. The van der Waals surface area contributed by atoms with E-state index >= 15 is 0 Å². The number of rotatable bonds is 3. The molecule has 2 atom stereocenters. The van der Waals surface area contributed by atoms with Crippen molar-refractivity contribution < 1.29 is 0 Å². The van der Waals surface area contributed by atoms with Crippen LogP contribution < -0.4 is 5.32 Å². The van der Waals surface area contributed by atoms with Gasteiger partial charge in [0.1, 0.15) is 0 Å². The van der Waals surface area contributed by atoms with E-state index in [4.69, 9.17) is 0 Å². The SMILES string of the molecule is CNC1CCCC1N(C)C1CCCC1. The summed E-state index contributed by atoms with van der Waals surface area (Å²) in [7, 11) is 4.46. The van der Waals surface area contributed by atoms with Gasteiger partial charge in [-0.15, -0.1) is 0 Å². The first-order valence-corrected chi connectivity index (χ1v) is 6.22. The molecule has 82 valence electrons. The predicted octanol–water partition coefficient (Wildman–Crippen LogP) is 2.00. The van der Waals surface area contributed by atoms with Gasteiger partial charge >= 0.3 is 0 Å². The van der Waals surface area contributed by atoms with E-state index in [9.17, 15) is 0 Å². The molecular formula is C12H24N2. The van der Waals surface area contributed by atoms with Gasteiger partial charge in [-0.2, -0.15) is 0 Å². The fourth-order valence-corrected chi connectivity index (χ4v) is 3.35. The molecule has 2 unspecified atom stereocenters. The maximum Gasteiger partial charge on any atom is 0.0249 e. The molecule has 2 fully saturated rings. The van der Waals surface area contributed by atoms with Crippen LogP contribution in [0.1, 0.15) is 44.9 Å². The van der Waals surface area contributed by atoms with Gasteiger partial charge in [-0.25, -0.2) is 0 Å². The minimum atomic E-state index is 0.751. The van der Waals surface area contributed by atoms with Crippen LogP contribution in [0.25, 0.3) is 0 Å². The van der Waals surface area contributed by atoms with Crippen LogP contribution in [-0.4, -0.2) is 37.1 Å². The molecule has 0 amide bonds. The highest BCUT2D eigenvalue weighted by Crippen LogP contribution is 2.30. The molecule has 0 bridgehead atoms. The molecule has 2 saturated carbocycles. The van der Waals surface area contributed by atoms with Crippen LogP contribution in [0, 0.1) is 0 Å². The Morgan fingerprint density at radius 1 is 1.00 bits per heavy atom. The molecule has 14 heavy (non-hydrogen) atoms. The molecule has 0 aromatic carbocycles. The van der Waals surface area contributed by atoms with Gasteiger partial charge in [0, 0.05) is 18.1 Å². The lowest BCUT2D eigenvalue weighted by Crippen LogP contribution is -2.47. The van der Waals surface area contributed by atoms with Crippen LogP contribution in [0.2, 0.25) is 0 Å². The fourth-order valence-electron chi connectivity index (χ4n) is 3.35. The zero-order valence-electron chi connectivity index (χ0n) is 9.63. The maximum atomic E-state index is 3.48. The highest BCUT2D eigenvalue weighted by Gasteiger charge is 2.33. The van der Waals surface area contributed by atoms with E-state index in [1.54, 1.807) is 0 Å². The monoisotopic (exact) mass is 196 g/mol. The van der Waals surface area contributed by atoms with Crippen LogP contribution in [0.15, 0.2) is 0 Å². The minimum Gasteiger partial charge on any atom is -0.315 e. The lowest BCUT2D eigenvalue weighted by Gasteiger charge is -2.34. The Balaban J connectivity index is 1.92. The standard InChI is InChI=1S/C12H24N2/c1-13-11-8-5-9-12(11)14(2)10-6-3-4-7-10/h10-13H,3-9H2,1-2H3. The van der Waals surface area contributed by atoms with E-state index in [2.05, 4.69) is 24.3 Å². The summed E-state index contributed by atoms with van der Waals surface area (Å²) in [6, 6.07) is 2.44. The first-order valence-electron chi connectivity index (χ1n) is 6.22. The van der Waals surface area contributed by atoms with Crippen molar-refractivity contribution in [1.82, 2.24) is 10.2 Å². The first-order chi connectivity index (χ1) is 6.83. The van der Waals surface area contributed by atoms with Gasteiger partial charge in [0.15, 0.2) is 0 Å². The molecular weight excluding hydrogens is 172 g/mol. The summed E-state index contributed by atoms with van der Waals surface area (Å²) in [4.78, 5) is 2.67. The van der Waals surface area contributed by atoms with E-state index in [1.165, 1.54) is 44.9 Å².